The molecule has 0 saturated carbocycles. The summed E-state index contributed by atoms with van der Waals surface area (Å²) >= 11 is 1.25. The molecular formula is C13H10N2O5S. The second kappa shape index (κ2) is 5.06. The minimum atomic E-state index is -0.950. The van der Waals surface area contributed by atoms with Gasteiger partial charge in [-0.05, 0) is 25.1 Å². The maximum atomic E-state index is 12.4. The number of fused-ring (bicyclic) bond motifs is 3. The normalized spacial score (nSPS) is 10.9. The Labute approximate surface area is 122 Å². The monoisotopic (exact) mass is 306 g/mol. The van der Waals surface area contributed by atoms with Gasteiger partial charge in [-0.15, -0.1) is 0 Å². The zero-order valence-electron chi connectivity index (χ0n) is 10.9. The first kappa shape index (κ1) is 13.4. The van der Waals surface area contributed by atoms with Crippen LogP contribution in [0.5, 0.6) is 11.5 Å². The molecular weight excluding hydrogens is 296 g/mol. The number of carbonyl (C=O) groups excluding carboxylic acids is 1. The maximum Gasteiger partial charge on any atom is 0.514 e. The summed E-state index contributed by atoms with van der Waals surface area (Å²) in [6, 6.07) is 4.62. The highest BCUT2D eigenvalue weighted by Crippen LogP contribution is 2.27. The van der Waals surface area contributed by atoms with E-state index in [0.717, 1.165) is 0 Å². The molecule has 0 saturated heterocycles. The molecule has 108 valence electrons. The smallest absolute Gasteiger partial charge is 0.508 e. The third-order valence-corrected chi connectivity index (χ3v) is 3.76. The molecule has 0 fully saturated rings. The van der Waals surface area contributed by atoms with Crippen molar-refractivity contribution in [3.63, 3.8) is 0 Å². The van der Waals surface area contributed by atoms with E-state index < -0.39 is 11.7 Å². The van der Waals surface area contributed by atoms with Gasteiger partial charge < -0.3 is 14.6 Å². The van der Waals surface area contributed by atoms with E-state index in [1.807, 2.05) is 0 Å². The summed E-state index contributed by atoms with van der Waals surface area (Å²) in [7, 11) is 0. The van der Waals surface area contributed by atoms with Crippen molar-refractivity contribution in [1.82, 2.24) is 9.38 Å². The van der Waals surface area contributed by atoms with Crippen LogP contribution in [-0.4, -0.2) is 27.3 Å². The summed E-state index contributed by atoms with van der Waals surface area (Å²) in [6.07, 6.45) is 0.234. The molecule has 0 unspecified atom stereocenters. The third kappa shape index (κ3) is 2.29. The number of hydrogen-bond acceptors (Lipinski definition) is 7. The Bertz CT molecular complexity index is 899. The Balaban J connectivity index is 2.17. The number of ether oxygens (including phenoxy) is 2. The zero-order valence-corrected chi connectivity index (χ0v) is 11.7. The van der Waals surface area contributed by atoms with Crippen molar-refractivity contribution in [3.05, 3.63) is 34.7 Å². The Kier molecular flexibility index (Phi) is 3.22. The van der Waals surface area contributed by atoms with Gasteiger partial charge in [0.05, 0.1) is 23.0 Å². The predicted octanol–water partition coefficient (Wildman–Crippen LogP) is 2.15. The van der Waals surface area contributed by atoms with Gasteiger partial charge in [-0.3, -0.25) is 4.79 Å². The topological polar surface area (TPSA) is 90.1 Å². The van der Waals surface area contributed by atoms with Crippen LogP contribution in [-0.2, 0) is 4.74 Å². The van der Waals surface area contributed by atoms with Crippen LogP contribution in [0.25, 0.3) is 15.2 Å². The average Bonchev–Trinajstić information content (AvgIpc) is 2.80. The van der Waals surface area contributed by atoms with Crippen LogP contribution in [0.3, 0.4) is 0 Å². The Morgan fingerprint density at radius 1 is 1.48 bits per heavy atom. The molecule has 0 aliphatic heterocycles. The van der Waals surface area contributed by atoms with Gasteiger partial charge in [-0.1, -0.05) is 11.3 Å². The molecule has 0 bridgehead atoms. The SMILES string of the molecule is CCOC(=O)Oc1cnc2sc3cc(O)ccc3n2c1=O. The molecule has 3 aromatic rings. The van der Waals surface area contributed by atoms with Crippen molar-refractivity contribution in [3.8, 4) is 11.5 Å². The number of aromatic nitrogens is 2. The van der Waals surface area contributed by atoms with Crippen molar-refractivity contribution in [1.29, 1.82) is 0 Å². The lowest BCUT2D eigenvalue weighted by Gasteiger charge is -2.03. The third-order valence-electron chi connectivity index (χ3n) is 2.74. The lowest BCUT2D eigenvalue weighted by molar-refractivity contribution is 0.103. The van der Waals surface area contributed by atoms with Gasteiger partial charge >= 0.3 is 11.7 Å². The molecule has 0 radical (unpaired) electrons. The second-order valence-electron chi connectivity index (χ2n) is 4.08. The predicted molar refractivity (Wildman–Crippen MR) is 76.2 cm³/mol. The average molecular weight is 306 g/mol. The molecule has 2 aromatic heterocycles. The number of rotatable bonds is 2. The van der Waals surface area contributed by atoms with E-state index in [0.29, 0.717) is 15.2 Å². The second-order valence-corrected chi connectivity index (χ2v) is 5.09. The lowest BCUT2D eigenvalue weighted by atomic mass is 10.3. The fourth-order valence-electron chi connectivity index (χ4n) is 1.88. The number of phenolic OH excluding ortho intramolecular Hbond substituents is 1. The molecule has 8 heteroatoms. The number of nitrogens with zero attached hydrogens (tertiary/aromatic N) is 2. The summed E-state index contributed by atoms with van der Waals surface area (Å²) in [5, 5.41) is 9.47. The first-order valence-electron chi connectivity index (χ1n) is 6.08. The van der Waals surface area contributed by atoms with Crippen LogP contribution >= 0.6 is 11.3 Å². The number of aromatic hydroxyl groups is 1. The highest BCUT2D eigenvalue weighted by atomic mass is 32.1. The molecule has 0 atom stereocenters. The van der Waals surface area contributed by atoms with Gasteiger partial charge in [0.1, 0.15) is 5.75 Å². The van der Waals surface area contributed by atoms with Crippen LogP contribution in [0.4, 0.5) is 4.79 Å². The standard InChI is InChI=1S/C13H10N2O5S/c1-2-19-13(18)20-9-6-14-12-15(11(9)17)8-4-3-7(16)5-10(8)21-12/h3-6,16H,2H2,1H3. The van der Waals surface area contributed by atoms with Crippen molar-refractivity contribution >= 4 is 32.7 Å². The minimum absolute atomic E-state index is 0.102. The van der Waals surface area contributed by atoms with E-state index >= 15 is 0 Å². The van der Waals surface area contributed by atoms with E-state index in [-0.39, 0.29) is 18.1 Å². The molecule has 2 heterocycles. The first-order chi connectivity index (χ1) is 10.1. The lowest BCUT2D eigenvalue weighted by Crippen LogP contribution is -2.20. The molecule has 0 amide bonds. The van der Waals surface area contributed by atoms with Gasteiger partial charge in [0.15, 0.2) is 4.96 Å². The summed E-state index contributed by atoms with van der Waals surface area (Å²) in [5.41, 5.74) is 0.0737. The van der Waals surface area contributed by atoms with Gasteiger partial charge in [0, 0.05) is 0 Å². The van der Waals surface area contributed by atoms with Crippen LogP contribution in [0, 0.1) is 0 Å². The van der Waals surface area contributed by atoms with Crippen LogP contribution < -0.4 is 10.3 Å². The van der Waals surface area contributed by atoms with Gasteiger partial charge in [-0.25, -0.2) is 14.2 Å². The van der Waals surface area contributed by atoms with E-state index in [2.05, 4.69) is 9.72 Å². The van der Waals surface area contributed by atoms with Crippen molar-refractivity contribution < 1.29 is 19.4 Å². The molecule has 1 aromatic carbocycles. The molecule has 1 N–H and O–H groups in total. The number of thiazole rings is 1. The van der Waals surface area contributed by atoms with Crippen molar-refractivity contribution in [2.45, 2.75) is 6.92 Å². The van der Waals surface area contributed by atoms with E-state index in [1.54, 1.807) is 19.1 Å². The number of phenols is 1. The molecule has 7 nitrogen and oxygen atoms in total. The van der Waals surface area contributed by atoms with Gasteiger partial charge in [0.2, 0.25) is 5.75 Å². The van der Waals surface area contributed by atoms with Crippen molar-refractivity contribution in [2.24, 2.45) is 0 Å². The Morgan fingerprint density at radius 2 is 2.29 bits per heavy atom. The van der Waals surface area contributed by atoms with E-state index in [9.17, 15) is 14.7 Å². The van der Waals surface area contributed by atoms with Crippen LogP contribution in [0.1, 0.15) is 6.92 Å². The first-order valence-corrected chi connectivity index (χ1v) is 6.89. The number of benzene rings is 1. The van der Waals surface area contributed by atoms with Gasteiger partial charge in [-0.2, -0.15) is 0 Å². The van der Waals surface area contributed by atoms with E-state index in [4.69, 9.17) is 4.74 Å². The quantitative estimate of drug-likeness (QED) is 0.730. The maximum absolute atomic E-state index is 12.4. The largest absolute Gasteiger partial charge is 0.514 e. The highest BCUT2D eigenvalue weighted by molar-refractivity contribution is 7.23. The summed E-state index contributed by atoms with van der Waals surface area (Å²) in [4.78, 5) is 28.2. The Hall–Kier alpha value is -2.61. The fourth-order valence-corrected chi connectivity index (χ4v) is 2.90. The molecule has 0 spiro atoms. The van der Waals surface area contributed by atoms with Gasteiger partial charge in [0.25, 0.3) is 0 Å². The summed E-state index contributed by atoms with van der Waals surface area (Å²) < 4.78 is 11.5. The van der Waals surface area contributed by atoms with Crippen molar-refractivity contribution in [2.75, 3.05) is 6.61 Å². The van der Waals surface area contributed by atoms with Crippen LogP contribution in [0.2, 0.25) is 0 Å². The number of carbonyl (C=O) groups is 1. The summed E-state index contributed by atoms with van der Waals surface area (Å²) in [5.74, 6) is -0.108. The molecule has 0 aliphatic rings. The molecule has 3 rings (SSSR count). The van der Waals surface area contributed by atoms with Crippen LogP contribution in [0.15, 0.2) is 29.2 Å². The van der Waals surface area contributed by atoms with E-state index in [1.165, 1.54) is 28.0 Å². The minimum Gasteiger partial charge on any atom is -0.508 e. The molecule has 0 aliphatic carbocycles. The molecule has 21 heavy (non-hydrogen) atoms. The fraction of sp³-hybridized carbons (Fsp3) is 0.154. The zero-order chi connectivity index (χ0) is 15.0. The highest BCUT2D eigenvalue weighted by Gasteiger charge is 2.15. The number of hydrogen-bond donors (Lipinski definition) is 1. The summed E-state index contributed by atoms with van der Waals surface area (Å²) in [6.45, 7) is 1.78. The Morgan fingerprint density at radius 3 is 3.05 bits per heavy atom.